The molecule has 21 heavy (non-hydrogen) atoms. The van der Waals surface area contributed by atoms with Crippen molar-refractivity contribution in [1.29, 1.82) is 0 Å². The predicted molar refractivity (Wildman–Crippen MR) is 88.2 cm³/mol. The Morgan fingerprint density at radius 2 is 1.67 bits per heavy atom. The molecule has 0 aliphatic heterocycles. The topological polar surface area (TPSA) is 46.5 Å². The third kappa shape index (κ3) is 15.4. The van der Waals surface area contributed by atoms with E-state index in [-0.39, 0.29) is 5.97 Å². The first-order valence-electron chi connectivity index (χ1n) is 8.53. The second-order valence-corrected chi connectivity index (χ2v) is 5.91. The summed E-state index contributed by atoms with van der Waals surface area (Å²) in [4.78, 5) is 10.9. The molecule has 1 unspecified atom stereocenters. The quantitative estimate of drug-likeness (QED) is 0.289. The van der Waals surface area contributed by atoms with Gasteiger partial charge in [0, 0.05) is 13.0 Å². The Labute approximate surface area is 130 Å². The molecule has 0 aromatic carbocycles. The van der Waals surface area contributed by atoms with E-state index in [2.05, 4.69) is 23.8 Å². The largest absolute Gasteiger partial charge is 0.469 e. The van der Waals surface area contributed by atoms with Crippen molar-refractivity contribution in [1.82, 2.24) is 0 Å². The molecule has 0 heterocycles. The number of unbranched alkanes of at least 4 members (excludes halogenated alkanes) is 7. The van der Waals surface area contributed by atoms with E-state index in [1.807, 2.05) is 0 Å². The average molecular weight is 298 g/mol. The van der Waals surface area contributed by atoms with E-state index in [1.54, 1.807) is 0 Å². The molecular formula is C18H34O3. The van der Waals surface area contributed by atoms with Crippen molar-refractivity contribution >= 4 is 5.97 Å². The minimum Gasteiger partial charge on any atom is -0.469 e. The van der Waals surface area contributed by atoms with E-state index in [0.717, 1.165) is 25.7 Å². The second-order valence-electron chi connectivity index (χ2n) is 5.91. The van der Waals surface area contributed by atoms with Gasteiger partial charge in [-0.3, -0.25) is 4.79 Å². The van der Waals surface area contributed by atoms with Gasteiger partial charge in [-0.2, -0.15) is 0 Å². The minimum absolute atomic E-state index is 0.0879. The van der Waals surface area contributed by atoms with Crippen LogP contribution in [0.15, 0.2) is 12.2 Å². The van der Waals surface area contributed by atoms with Crippen LogP contribution in [-0.2, 0) is 9.53 Å². The Morgan fingerprint density at radius 3 is 2.29 bits per heavy atom. The maximum absolute atomic E-state index is 10.9. The van der Waals surface area contributed by atoms with Crippen LogP contribution in [0.25, 0.3) is 0 Å². The number of aliphatic hydroxyl groups excluding tert-OH is 1. The lowest BCUT2D eigenvalue weighted by molar-refractivity contribution is -0.140. The summed E-state index contributed by atoms with van der Waals surface area (Å²) in [6.07, 6.45) is 16.7. The fraction of sp³-hybridized carbons (Fsp3) is 0.833. The maximum atomic E-state index is 10.9. The Bertz CT molecular complexity index is 261. The van der Waals surface area contributed by atoms with E-state index in [1.165, 1.54) is 45.6 Å². The van der Waals surface area contributed by atoms with Gasteiger partial charge in [0.15, 0.2) is 0 Å². The van der Waals surface area contributed by atoms with Crippen molar-refractivity contribution in [3.63, 3.8) is 0 Å². The SMILES string of the molecule is COC(=O)CCCCCCCCCC=CCC(C)CCO. The summed E-state index contributed by atoms with van der Waals surface area (Å²) < 4.78 is 4.61. The first-order valence-corrected chi connectivity index (χ1v) is 8.53. The normalized spacial score (nSPS) is 12.7. The van der Waals surface area contributed by atoms with Crippen LogP contribution in [0.3, 0.4) is 0 Å². The zero-order valence-corrected chi connectivity index (χ0v) is 14.0. The minimum atomic E-state index is -0.0879. The number of allylic oxidation sites excluding steroid dienone is 2. The van der Waals surface area contributed by atoms with Gasteiger partial charge in [-0.25, -0.2) is 0 Å². The summed E-state index contributed by atoms with van der Waals surface area (Å²) in [5.41, 5.74) is 0. The molecule has 124 valence electrons. The highest BCUT2D eigenvalue weighted by Crippen LogP contribution is 2.11. The smallest absolute Gasteiger partial charge is 0.305 e. The molecule has 0 spiro atoms. The van der Waals surface area contributed by atoms with Crippen LogP contribution in [-0.4, -0.2) is 24.8 Å². The fourth-order valence-corrected chi connectivity index (χ4v) is 2.30. The lowest BCUT2D eigenvalue weighted by Gasteiger charge is -2.04. The third-order valence-electron chi connectivity index (χ3n) is 3.81. The second kappa shape index (κ2) is 15.6. The molecule has 0 radical (unpaired) electrons. The molecule has 3 heteroatoms. The predicted octanol–water partition coefficient (Wildman–Crippen LogP) is 4.64. The standard InChI is InChI=1S/C18H34O3/c1-17(15-16-19)13-11-9-7-5-3-4-6-8-10-12-14-18(20)21-2/h9,11,17,19H,3-8,10,12-16H2,1-2H3. The summed E-state index contributed by atoms with van der Waals surface area (Å²) in [6, 6.07) is 0. The number of ether oxygens (including phenoxy) is 1. The molecular weight excluding hydrogens is 264 g/mol. The van der Waals surface area contributed by atoms with Crippen LogP contribution >= 0.6 is 0 Å². The van der Waals surface area contributed by atoms with Crippen molar-refractivity contribution in [3.05, 3.63) is 12.2 Å². The lowest BCUT2D eigenvalue weighted by Crippen LogP contribution is -1.99. The van der Waals surface area contributed by atoms with Gasteiger partial charge in [0.05, 0.1) is 7.11 Å². The summed E-state index contributed by atoms with van der Waals surface area (Å²) in [5, 5.41) is 8.81. The zero-order chi connectivity index (χ0) is 15.8. The molecule has 0 aliphatic rings. The van der Waals surface area contributed by atoms with Gasteiger partial charge in [0.25, 0.3) is 0 Å². The molecule has 0 aromatic rings. The van der Waals surface area contributed by atoms with Crippen molar-refractivity contribution in [2.45, 2.75) is 77.6 Å². The molecule has 3 nitrogen and oxygen atoms in total. The van der Waals surface area contributed by atoms with E-state index in [0.29, 0.717) is 18.9 Å². The Kier molecular flexibility index (Phi) is 14.9. The van der Waals surface area contributed by atoms with Gasteiger partial charge in [0.2, 0.25) is 0 Å². The third-order valence-corrected chi connectivity index (χ3v) is 3.81. The van der Waals surface area contributed by atoms with Gasteiger partial charge in [-0.1, -0.05) is 51.2 Å². The van der Waals surface area contributed by atoms with Crippen molar-refractivity contribution < 1.29 is 14.6 Å². The number of carbonyl (C=O) groups is 1. The first-order chi connectivity index (χ1) is 10.2. The number of rotatable bonds is 14. The van der Waals surface area contributed by atoms with Crippen molar-refractivity contribution in [3.8, 4) is 0 Å². The number of carbonyl (C=O) groups excluding carboxylic acids is 1. The first kappa shape index (κ1) is 20.2. The Hall–Kier alpha value is -0.830. The molecule has 0 aromatic heterocycles. The van der Waals surface area contributed by atoms with Gasteiger partial charge >= 0.3 is 5.97 Å². The van der Waals surface area contributed by atoms with E-state index >= 15 is 0 Å². The number of methoxy groups -OCH3 is 1. The van der Waals surface area contributed by atoms with Crippen LogP contribution in [0.4, 0.5) is 0 Å². The molecule has 0 fully saturated rings. The van der Waals surface area contributed by atoms with E-state index in [4.69, 9.17) is 5.11 Å². The summed E-state index contributed by atoms with van der Waals surface area (Å²) in [6.45, 7) is 2.48. The molecule has 1 N–H and O–H groups in total. The number of hydrogen-bond acceptors (Lipinski definition) is 3. The summed E-state index contributed by atoms with van der Waals surface area (Å²) in [7, 11) is 1.45. The molecule has 0 aliphatic carbocycles. The molecule has 1 atom stereocenters. The van der Waals surface area contributed by atoms with Crippen LogP contribution in [0.2, 0.25) is 0 Å². The fourth-order valence-electron chi connectivity index (χ4n) is 2.30. The van der Waals surface area contributed by atoms with Crippen molar-refractivity contribution in [2.24, 2.45) is 5.92 Å². The van der Waals surface area contributed by atoms with Gasteiger partial charge in [-0.05, 0) is 38.0 Å². The molecule has 0 saturated carbocycles. The summed E-state index contributed by atoms with van der Waals surface area (Å²) in [5.74, 6) is 0.506. The maximum Gasteiger partial charge on any atom is 0.305 e. The van der Waals surface area contributed by atoms with Crippen molar-refractivity contribution in [2.75, 3.05) is 13.7 Å². The zero-order valence-electron chi connectivity index (χ0n) is 14.0. The highest BCUT2D eigenvalue weighted by atomic mass is 16.5. The average Bonchev–Trinajstić information content (AvgIpc) is 2.48. The van der Waals surface area contributed by atoms with Crippen LogP contribution in [0.1, 0.15) is 77.6 Å². The monoisotopic (exact) mass is 298 g/mol. The number of aliphatic hydroxyl groups is 1. The van der Waals surface area contributed by atoms with Gasteiger partial charge in [0.1, 0.15) is 0 Å². The van der Waals surface area contributed by atoms with Gasteiger partial charge < -0.3 is 9.84 Å². The van der Waals surface area contributed by atoms with E-state index < -0.39 is 0 Å². The molecule has 0 bridgehead atoms. The molecule has 0 amide bonds. The highest BCUT2D eigenvalue weighted by molar-refractivity contribution is 5.68. The number of esters is 1. The highest BCUT2D eigenvalue weighted by Gasteiger charge is 1.99. The van der Waals surface area contributed by atoms with Crippen LogP contribution in [0, 0.1) is 5.92 Å². The molecule has 0 saturated heterocycles. The summed E-state index contributed by atoms with van der Waals surface area (Å²) >= 11 is 0. The van der Waals surface area contributed by atoms with Crippen LogP contribution in [0.5, 0.6) is 0 Å². The van der Waals surface area contributed by atoms with Crippen LogP contribution < -0.4 is 0 Å². The lowest BCUT2D eigenvalue weighted by atomic mass is 10.0. The van der Waals surface area contributed by atoms with Gasteiger partial charge in [-0.15, -0.1) is 0 Å². The molecule has 0 rings (SSSR count). The van der Waals surface area contributed by atoms with E-state index in [9.17, 15) is 4.79 Å². The Balaban J connectivity index is 3.18. The Morgan fingerprint density at radius 1 is 1.05 bits per heavy atom. The number of hydrogen-bond donors (Lipinski definition) is 1.